The summed E-state index contributed by atoms with van der Waals surface area (Å²) in [4.78, 5) is 12.1. The van der Waals surface area contributed by atoms with Crippen molar-refractivity contribution >= 4 is 5.91 Å². The maximum absolute atomic E-state index is 12.1. The topological polar surface area (TPSA) is 55.1 Å². The first kappa shape index (κ1) is 12.9. The first-order valence-electron chi connectivity index (χ1n) is 7.07. The summed E-state index contributed by atoms with van der Waals surface area (Å²) in [5.41, 5.74) is 6.13. The summed E-state index contributed by atoms with van der Waals surface area (Å²) in [6.45, 7) is 6.06. The zero-order valence-corrected chi connectivity index (χ0v) is 11.2. The number of hydrogen-bond acceptors (Lipinski definition) is 2. The highest BCUT2D eigenvalue weighted by Crippen LogP contribution is 2.51. The Labute approximate surface area is 105 Å². The summed E-state index contributed by atoms with van der Waals surface area (Å²) in [5.74, 6) is 1.54. The van der Waals surface area contributed by atoms with Crippen molar-refractivity contribution in [2.24, 2.45) is 28.9 Å². The average Bonchev–Trinajstić information content (AvgIpc) is 2.96. The number of nitrogens with one attached hydrogen (secondary N) is 1. The van der Waals surface area contributed by atoms with Crippen molar-refractivity contribution in [3.63, 3.8) is 0 Å². The largest absolute Gasteiger partial charge is 0.355 e. The van der Waals surface area contributed by atoms with Crippen molar-refractivity contribution in [3.05, 3.63) is 0 Å². The fourth-order valence-electron chi connectivity index (χ4n) is 3.18. The Kier molecular flexibility index (Phi) is 3.76. The highest BCUT2D eigenvalue weighted by atomic mass is 16.1. The van der Waals surface area contributed by atoms with Crippen LogP contribution in [0.2, 0.25) is 0 Å². The molecule has 0 unspecified atom stereocenters. The van der Waals surface area contributed by atoms with E-state index in [1.807, 2.05) is 0 Å². The molecule has 0 aromatic carbocycles. The third kappa shape index (κ3) is 2.65. The van der Waals surface area contributed by atoms with Gasteiger partial charge in [0.1, 0.15) is 0 Å². The van der Waals surface area contributed by atoms with Gasteiger partial charge in [0.15, 0.2) is 0 Å². The number of carbonyl (C=O) groups is 1. The van der Waals surface area contributed by atoms with Crippen LogP contribution in [0.3, 0.4) is 0 Å². The SMILES string of the molecule is CC(C)C1(CNC(=O)[C@@H]2CCC[C@@H]2CN)CC1. The van der Waals surface area contributed by atoms with Crippen LogP contribution in [-0.2, 0) is 4.79 Å². The molecule has 2 saturated carbocycles. The quantitative estimate of drug-likeness (QED) is 0.769. The Hall–Kier alpha value is -0.570. The molecule has 3 nitrogen and oxygen atoms in total. The lowest BCUT2D eigenvalue weighted by molar-refractivity contribution is -0.126. The summed E-state index contributed by atoms with van der Waals surface area (Å²) >= 11 is 0. The molecule has 3 heteroatoms. The van der Waals surface area contributed by atoms with Gasteiger partial charge in [-0.3, -0.25) is 4.79 Å². The molecule has 3 N–H and O–H groups in total. The molecule has 2 aliphatic carbocycles. The van der Waals surface area contributed by atoms with Gasteiger partial charge in [0.25, 0.3) is 0 Å². The first-order chi connectivity index (χ1) is 8.09. The number of hydrogen-bond donors (Lipinski definition) is 2. The molecule has 0 radical (unpaired) electrons. The molecule has 0 aromatic rings. The van der Waals surface area contributed by atoms with Crippen LogP contribution in [0, 0.1) is 23.2 Å². The lowest BCUT2D eigenvalue weighted by Crippen LogP contribution is -2.39. The van der Waals surface area contributed by atoms with Crippen molar-refractivity contribution < 1.29 is 4.79 Å². The highest BCUT2D eigenvalue weighted by molar-refractivity contribution is 5.79. The van der Waals surface area contributed by atoms with Crippen molar-refractivity contribution in [1.29, 1.82) is 0 Å². The maximum Gasteiger partial charge on any atom is 0.223 e. The molecule has 17 heavy (non-hydrogen) atoms. The summed E-state index contributed by atoms with van der Waals surface area (Å²) in [6, 6.07) is 0. The fraction of sp³-hybridized carbons (Fsp3) is 0.929. The van der Waals surface area contributed by atoms with Gasteiger partial charge in [0.05, 0.1) is 0 Å². The lowest BCUT2D eigenvalue weighted by Gasteiger charge is -2.23. The second-order valence-electron chi connectivity index (χ2n) is 6.27. The molecule has 2 atom stereocenters. The molecular weight excluding hydrogens is 212 g/mol. The average molecular weight is 238 g/mol. The smallest absolute Gasteiger partial charge is 0.223 e. The van der Waals surface area contributed by atoms with E-state index in [9.17, 15) is 4.79 Å². The minimum atomic E-state index is 0.183. The molecule has 98 valence electrons. The van der Waals surface area contributed by atoms with Gasteiger partial charge in [0, 0.05) is 12.5 Å². The Morgan fingerprint density at radius 2 is 2.12 bits per heavy atom. The molecule has 2 fully saturated rings. The van der Waals surface area contributed by atoms with Crippen molar-refractivity contribution in [3.8, 4) is 0 Å². The van der Waals surface area contributed by atoms with E-state index in [1.54, 1.807) is 0 Å². The Bertz CT molecular complexity index is 284. The van der Waals surface area contributed by atoms with Gasteiger partial charge < -0.3 is 11.1 Å². The van der Waals surface area contributed by atoms with E-state index in [0.29, 0.717) is 23.8 Å². The van der Waals surface area contributed by atoms with Crippen LogP contribution in [0.25, 0.3) is 0 Å². The van der Waals surface area contributed by atoms with Crippen LogP contribution in [-0.4, -0.2) is 19.0 Å². The van der Waals surface area contributed by atoms with Crippen LogP contribution in [0.4, 0.5) is 0 Å². The van der Waals surface area contributed by atoms with Crippen molar-refractivity contribution in [2.75, 3.05) is 13.1 Å². The van der Waals surface area contributed by atoms with Crippen LogP contribution < -0.4 is 11.1 Å². The van der Waals surface area contributed by atoms with E-state index >= 15 is 0 Å². The monoisotopic (exact) mass is 238 g/mol. The maximum atomic E-state index is 12.1. The van der Waals surface area contributed by atoms with Gasteiger partial charge in [-0.1, -0.05) is 20.3 Å². The van der Waals surface area contributed by atoms with Gasteiger partial charge in [-0.25, -0.2) is 0 Å². The highest BCUT2D eigenvalue weighted by Gasteiger charge is 2.45. The second kappa shape index (κ2) is 4.97. The van der Waals surface area contributed by atoms with E-state index in [2.05, 4.69) is 19.2 Å². The Balaban J connectivity index is 1.81. The molecule has 2 aliphatic rings. The summed E-state index contributed by atoms with van der Waals surface area (Å²) in [6.07, 6.45) is 5.87. The third-order valence-electron chi connectivity index (χ3n) is 5.03. The molecule has 0 bridgehead atoms. The molecule has 0 saturated heterocycles. The number of rotatable bonds is 5. The lowest BCUT2D eigenvalue weighted by atomic mass is 9.91. The molecule has 1 amide bonds. The van der Waals surface area contributed by atoms with Crippen LogP contribution in [0.5, 0.6) is 0 Å². The van der Waals surface area contributed by atoms with E-state index in [0.717, 1.165) is 25.8 Å². The van der Waals surface area contributed by atoms with E-state index in [4.69, 9.17) is 5.73 Å². The molecule has 0 heterocycles. The summed E-state index contributed by atoms with van der Waals surface area (Å²) in [5, 5.41) is 3.18. The zero-order valence-electron chi connectivity index (χ0n) is 11.2. The Morgan fingerprint density at radius 1 is 1.41 bits per heavy atom. The normalized spacial score (nSPS) is 30.6. The van der Waals surface area contributed by atoms with Crippen LogP contribution in [0.15, 0.2) is 0 Å². The van der Waals surface area contributed by atoms with Gasteiger partial charge in [-0.05, 0) is 49.5 Å². The predicted octanol–water partition coefficient (Wildman–Crippen LogP) is 1.91. The van der Waals surface area contributed by atoms with Crippen molar-refractivity contribution in [2.45, 2.75) is 46.0 Å². The number of amides is 1. The molecular formula is C14H26N2O. The van der Waals surface area contributed by atoms with Crippen LogP contribution in [0.1, 0.15) is 46.0 Å². The third-order valence-corrected chi connectivity index (χ3v) is 5.03. The van der Waals surface area contributed by atoms with Gasteiger partial charge in [-0.2, -0.15) is 0 Å². The van der Waals surface area contributed by atoms with Crippen LogP contribution >= 0.6 is 0 Å². The first-order valence-corrected chi connectivity index (χ1v) is 7.07. The summed E-state index contributed by atoms with van der Waals surface area (Å²) in [7, 11) is 0. The van der Waals surface area contributed by atoms with Crippen molar-refractivity contribution in [1.82, 2.24) is 5.32 Å². The summed E-state index contributed by atoms with van der Waals surface area (Å²) < 4.78 is 0. The standard InChI is InChI=1S/C14H26N2O/c1-10(2)14(6-7-14)9-16-13(17)12-5-3-4-11(12)8-15/h10-12H,3-9,15H2,1-2H3,(H,16,17)/t11-,12-/m1/s1. The van der Waals surface area contributed by atoms with Gasteiger partial charge in [0.2, 0.25) is 5.91 Å². The van der Waals surface area contributed by atoms with E-state index in [-0.39, 0.29) is 11.8 Å². The van der Waals surface area contributed by atoms with E-state index < -0.39 is 0 Å². The molecule has 0 aromatic heterocycles. The zero-order chi connectivity index (χ0) is 12.5. The van der Waals surface area contributed by atoms with Gasteiger partial charge in [-0.15, -0.1) is 0 Å². The molecule has 0 spiro atoms. The predicted molar refractivity (Wildman–Crippen MR) is 69.4 cm³/mol. The Morgan fingerprint density at radius 3 is 2.65 bits per heavy atom. The molecule has 2 rings (SSSR count). The number of nitrogens with two attached hydrogens (primary N) is 1. The van der Waals surface area contributed by atoms with Gasteiger partial charge >= 0.3 is 0 Å². The molecule has 0 aliphatic heterocycles. The number of carbonyl (C=O) groups excluding carboxylic acids is 1. The fourth-order valence-corrected chi connectivity index (χ4v) is 3.18. The minimum absolute atomic E-state index is 0.183. The second-order valence-corrected chi connectivity index (χ2v) is 6.27. The van der Waals surface area contributed by atoms with E-state index in [1.165, 1.54) is 12.8 Å². The minimum Gasteiger partial charge on any atom is -0.355 e.